The van der Waals surface area contributed by atoms with Crippen LogP contribution in [0.1, 0.15) is 5.56 Å². The van der Waals surface area contributed by atoms with E-state index in [9.17, 15) is 4.79 Å². The van der Waals surface area contributed by atoms with Crippen LogP contribution in [0.2, 0.25) is 5.15 Å². The predicted molar refractivity (Wildman–Crippen MR) is 129 cm³/mol. The van der Waals surface area contributed by atoms with Crippen molar-refractivity contribution in [1.82, 2.24) is 28.9 Å². The van der Waals surface area contributed by atoms with Crippen molar-refractivity contribution >= 4 is 39.4 Å². The van der Waals surface area contributed by atoms with Gasteiger partial charge in [-0.05, 0) is 23.8 Å². The third-order valence-electron chi connectivity index (χ3n) is 5.73. The van der Waals surface area contributed by atoms with E-state index in [1.54, 1.807) is 47.4 Å². The van der Waals surface area contributed by atoms with E-state index in [1.165, 1.54) is 0 Å². The number of hydrogen-bond acceptors (Lipinski definition) is 6. The number of anilines is 1. The minimum absolute atomic E-state index is 0.220. The van der Waals surface area contributed by atoms with E-state index in [-0.39, 0.29) is 10.8 Å². The third-order valence-corrected chi connectivity index (χ3v) is 6.00. The average molecular weight is 464 g/mol. The van der Waals surface area contributed by atoms with E-state index in [1.807, 2.05) is 37.5 Å². The molecule has 0 spiro atoms. The normalized spacial score (nSPS) is 11.5. The first-order valence-corrected chi connectivity index (χ1v) is 10.7. The van der Waals surface area contributed by atoms with Crippen molar-refractivity contribution in [2.75, 3.05) is 19.5 Å². The molecular formula is C23H22ClN7O2. The number of imidazole rings is 1. The highest BCUT2D eigenvalue weighted by atomic mass is 35.5. The number of ether oxygens (including phenoxy) is 1. The molecule has 0 fully saturated rings. The first-order valence-electron chi connectivity index (χ1n) is 10.3. The smallest absolute Gasteiger partial charge is 0.333 e. The maximum atomic E-state index is 13.2. The van der Waals surface area contributed by atoms with Gasteiger partial charge in [0.25, 0.3) is 0 Å². The molecular weight excluding hydrogens is 442 g/mol. The molecule has 4 heterocycles. The van der Waals surface area contributed by atoms with Crippen LogP contribution in [0.4, 0.5) is 5.82 Å². The molecule has 0 unspecified atom stereocenters. The lowest BCUT2D eigenvalue weighted by Gasteiger charge is -2.11. The molecule has 0 aliphatic rings. The zero-order valence-electron chi connectivity index (χ0n) is 18.6. The van der Waals surface area contributed by atoms with Gasteiger partial charge in [0.2, 0.25) is 0 Å². The number of aryl methyl sites for hydroxylation is 2. The molecule has 168 valence electrons. The maximum absolute atomic E-state index is 13.2. The minimum atomic E-state index is -0.220. The molecule has 1 aromatic carbocycles. The van der Waals surface area contributed by atoms with Crippen molar-refractivity contribution < 1.29 is 4.74 Å². The van der Waals surface area contributed by atoms with Crippen LogP contribution in [0.5, 0.6) is 0 Å². The summed E-state index contributed by atoms with van der Waals surface area (Å²) >= 11 is 6.37. The van der Waals surface area contributed by atoms with Crippen LogP contribution in [0.25, 0.3) is 38.8 Å². The van der Waals surface area contributed by atoms with Gasteiger partial charge in [-0.3, -0.25) is 18.8 Å². The summed E-state index contributed by atoms with van der Waals surface area (Å²) in [5.74, 6) is 0.772. The van der Waals surface area contributed by atoms with Gasteiger partial charge in [0, 0.05) is 51.0 Å². The standard InChI is InChI=1S/C23H22ClN7O2/c1-25-22-15(12-33-4)7-14(9-27-22)13-5-6-17-16(8-13)20-18(10-26-17)30(3)23(32)31(20)19-11-29(2)28-21(19)24/h5-11H,12H2,1-4H3,(H,25,27). The van der Waals surface area contributed by atoms with Crippen LogP contribution >= 0.6 is 11.6 Å². The minimum Gasteiger partial charge on any atom is -0.380 e. The number of hydrogen-bond donors (Lipinski definition) is 1. The molecule has 0 aliphatic heterocycles. The van der Waals surface area contributed by atoms with E-state index < -0.39 is 0 Å². The fourth-order valence-corrected chi connectivity index (χ4v) is 4.41. The fourth-order valence-electron chi connectivity index (χ4n) is 4.16. The monoisotopic (exact) mass is 463 g/mol. The number of aromatic nitrogens is 6. The van der Waals surface area contributed by atoms with E-state index in [0.717, 1.165) is 38.9 Å². The Labute approximate surface area is 194 Å². The topological polar surface area (TPSA) is 91.8 Å². The van der Waals surface area contributed by atoms with Crippen molar-refractivity contribution in [3.8, 4) is 16.8 Å². The Bertz CT molecular complexity index is 1580. The number of rotatable bonds is 5. The number of halogens is 1. The molecule has 4 aromatic heterocycles. The Morgan fingerprint density at radius 3 is 2.64 bits per heavy atom. The van der Waals surface area contributed by atoms with E-state index in [4.69, 9.17) is 16.3 Å². The van der Waals surface area contributed by atoms with Gasteiger partial charge in [-0.1, -0.05) is 17.7 Å². The Balaban J connectivity index is 1.80. The molecule has 33 heavy (non-hydrogen) atoms. The van der Waals surface area contributed by atoms with Gasteiger partial charge in [0.15, 0.2) is 5.15 Å². The summed E-state index contributed by atoms with van der Waals surface area (Å²) in [6, 6.07) is 8.01. The highest BCUT2D eigenvalue weighted by Gasteiger charge is 2.20. The second-order valence-electron chi connectivity index (χ2n) is 7.79. The zero-order chi connectivity index (χ0) is 23.3. The number of nitrogens with one attached hydrogen (secondary N) is 1. The summed E-state index contributed by atoms with van der Waals surface area (Å²) in [7, 11) is 6.98. The van der Waals surface area contributed by atoms with Crippen molar-refractivity contribution in [1.29, 1.82) is 0 Å². The first-order chi connectivity index (χ1) is 15.9. The highest BCUT2D eigenvalue weighted by molar-refractivity contribution is 6.31. The number of nitrogens with zero attached hydrogens (tertiary/aromatic N) is 6. The Kier molecular flexibility index (Phi) is 5.15. The largest absolute Gasteiger partial charge is 0.380 e. The van der Waals surface area contributed by atoms with E-state index >= 15 is 0 Å². The number of fused-ring (bicyclic) bond motifs is 3. The molecule has 0 amide bonds. The van der Waals surface area contributed by atoms with Gasteiger partial charge in [-0.25, -0.2) is 9.78 Å². The zero-order valence-corrected chi connectivity index (χ0v) is 19.4. The summed E-state index contributed by atoms with van der Waals surface area (Å²) in [6.07, 6.45) is 5.26. The second-order valence-corrected chi connectivity index (χ2v) is 8.15. The lowest BCUT2D eigenvalue weighted by atomic mass is 10.0. The van der Waals surface area contributed by atoms with Gasteiger partial charge in [-0.15, -0.1) is 0 Å². The molecule has 10 heteroatoms. The molecule has 5 rings (SSSR count). The van der Waals surface area contributed by atoms with Crippen molar-refractivity contribution in [3.63, 3.8) is 0 Å². The maximum Gasteiger partial charge on any atom is 0.333 e. The molecule has 0 saturated heterocycles. The molecule has 5 aromatic rings. The first kappa shape index (κ1) is 21.2. The van der Waals surface area contributed by atoms with Gasteiger partial charge in [0.1, 0.15) is 11.5 Å². The van der Waals surface area contributed by atoms with Crippen molar-refractivity contribution in [3.05, 3.63) is 64.1 Å². The summed E-state index contributed by atoms with van der Waals surface area (Å²) < 4.78 is 10.1. The summed E-state index contributed by atoms with van der Waals surface area (Å²) in [5.41, 5.74) is 5.33. The summed E-state index contributed by atoms with van der Waals surface area (Å²) in [6.45, 7) is 0.439. The van der Waals surface area contributed by atoms with Crippen LogP contribution in [0, 0.1) is 0 Å². The number of methoxy groups -OCH3 is 1. The lowest BCUT2D eigenvalue weighted by Crippen LogP contribution is -2.20. The second kappa shape index (κ2) is 8.02. The van der Waals surface area contributed by atoms with Crippen LogP contribution in [-0.4, -0.2) is 43.0 Å². The summed E-state index contributed by atoms with van der Waals surface area (Å²) in [5, 5.41) is 8.38. The summed E-state index contributed by atoms with van der Waals surface area (Å²) in [4.78, 5) is 22.3. The predicted octanol–water partition coefficient (Wildman–Crippen LogP) is 3.51. The quantitative estimate of drug-likeness (QED) is 0.429. The molecule has 0 aliphatic carbocycles. The SMILES string of the molecule is CNc1ncc(-c2ccc3ncc4c(c3c2)n(-c2cn(C)nc2Cl)c(=O)n4C)cc1COC. The highest BCUT2D eigenvalue weighted by Crippen LogP contribution is 2.31. The van der Waals surface area contributed by atoms with Crippen molar-refractivity contribution in [2.24, 2.45) is 14.1 Å². The molecule has 1 N–H and O–H groups in total. The van der Waals surface area contributed by atoms with Gasteiger partial charge >= 0.3 is 5.69 Å². The third kappa shape index (κ3) is 3.37. The molecule has 0 saturated carbocycles. The van der Waals surface area contributed by atoms with Crippen LogP contribution < -0.4 is 11.0 Å². The van der Waals surface area contributed by atoms with Gasteiger partial charge in [0.05, 0.1) is 35.6 Å². The Morgan fingerprint density at radius 1 is 1.12 bits per heavy atom. The Morgan fingerprint density at radius 2 is 1.94 bits per heavy atom. The average Bonchev–Trinajstić information content (AvgIpc) is 3.28. The van der Waals surface area contributed by atoms with Gasteiger partial charge < -0.3 is 10.1 Å². The van der Waals surface area contributed by atoms with E-state index in [2.05, 4.69) is 20.4 Å². The molecule has 9 nitrogen and oxygen atoms in total. The van der Waals surface area contributed by atoms with Crippen LogP contribution in [-0.2, 0) is 25.4 Å². The number of benzene rings is 1. The number of pyridine rings is 2. The van der Waals surface area contributed by atoms with Crippen molar-refractivity contribution in [2.45, 2.75) is 6.61 Å². The lowest BCUT2D eigenvalue weighted by molar-refractivity contribution is 0.185. The molecule has 0 atom stereocenters. The fraction of sp³-hybridized carbons (Fsp3) is 0.217. The van der Waals surface area contributed by atoms with Crippen LogP contribution in [0.3, 0.4) is 0 Å². The van der Waals surface area contributed by atoms with Gasteiger partial charge in [-0.2, -0.15) is 5.10 Å². The molecule has 0 radical (unpaired) electrons. The molecule has 0 bridgehead atoms. The Hall–Kier alpha value is -3.69. The van der Waals surface area contributed by atoms with Crippen LogP contribution in [0.15, 0.2) is 47.7 Å². The van der Waals surface area contributed by atoms with E-state index in [0.29, 0.717) is 17.8 Å².